The van der Waals surface area contributed by atoms with Gasteiger partial charge in [0.05, 0.1) is 28.8 Å². The predicted molar refractivity (Wildman–Crippen MR) is 81.3 cm³/mol. The summed E-state index contributed by atoms with van der Waals surface area (Å²) in [6.07, 6.45) is 2.67. The standard InChI is InChI=1S/C14H15Cl2N3O2/c1-19-8-10(6-18-19)13(20)7-17-14(21)5-9-2-3-11(15)12(16)4-9/h2-4,6,8,13,20H,5,7H2,1H3,(H,17,21)/t13-/m0/s1. The molecule has 0 radical (unpaired) electrons. The van der Waals surface area contributed by atoms with Gasteiger partial charge >= 0.3 is 0 Å². The zero-order valence-electron chi connectivity index (χ0n) is 11.4. The van der Waals surface area contributed by atoms with Crippen molar-refractivity contribution in [1.29, 1.82) is 0 Å². The third-order valence-electron chi connectivity index (χ3n) is 2.95. The SMILES string of the molecule is Cn1cc([C@@H](O)CNC(=O)Cc2ccc(Cl)c(Cl)c2)cn1. The number of halogens is 2. The maximum absolute atomic E-state index is 11.8. The fourth-order valence-electron chi connectivity index (χ4n) is 1.84. The average molecular weight is 328 g/mol. The molecule has 0 saturated heterocycles. The van der Waals surface area contributed by atoms with E-state index in [1.165, 1.54) is 0 Å². The molecule has 2 rings (SSSR count). The molecule has 0 aliphatic carbocycles. The van der Waals surface area contributed by atoms with Crippen LogP contribution in [0.5, 0.6) is 0 Å². The number of carbonyl (C=O) groups excluding carboxylic acids is 1. The molecule has 2 aromatic rings. The lowest BCUT2D eigenvalue weighted by atomic mass is 10.1. The lowest BCUT2D eigenvalue weighted by Crippen LogP contribution is -2.29. The Morgan fingerprint density at radius 1 is 1.43 bits per heavy atom. The van der Waals surface area contributed by atoms with Gasteiger partial charge in [-0.2, -0.15) is 5.10 Å². The molecule has 0 unspecified atom stereocenters. The molecule has 1 aromatic carbocycles. The zero-order chi connectivity index (χ0) is 15.4. The van der Waals surface area contributed by atoms with E-state index in [-0.39, 0.29) is 18.9 Å². The minimum Gasteiger partial charge on any atom is -0.386 e. The first-order chi connectivity index (χ1) is 9.95. The number of benzene rings is 1. The average Bonchev–Trinajstić information content (AvgIpc) is 2.87. The summed E-state index contributed by atoms with van der Waals surface area (Å²) in [5.41, 5.74) is 1.42. The second-order valence-electron chi connectivity index (χ2n) is 4.69. The lowest BCUT2D eigenvalue weighted by Gasteiger charge is -2.10. The van der Waals surface area contributed by atoms with Gasteiger partial charge in [-0.25, -0.2) is 0 Å². The number of hydrogen-bond acceptors (Lipinski definition) is 3. The van der Waals surface area contributed by atoms with Crippen LogP contribution in [0.15, 0.2) is 30.6 Å². The van der Waals surface area contributed by atoms with E-state index in [0.717, 1.165) is 5.56 Å². The van der Waals surface area contributed by atoms with E-state index >= 15 is 0 Å². The van der Waals surface area contributed by atoms with Crippen LogP contribution in [-0.2, 0) is 18.3 Å². The normalized spacial score (nSPS) is 12.2. The molecule has 0 aliphatic rings. The second-order valence-corrected chi connectivity index (χ2v) is 5.51. The van der Waals surface area contributed by atoms with Crippen LogP contribution in [-0.4, -0.2) is 27.3 Å². The Bertz CT molecular complexity index is 643. The van der Waals surface area contributed by atoms with E-state index in [2.05, 4.69) is 10.4 Å². The maximum atomic E-state index is 11.8. The Balaban J connectivity index is 1.85. The number of carbonyl (C=O) groups is 1. The van der Waals surface area contributed by atoms with Crippen LogP contribution in [0.4, 0.5) is 0 Å². The summed E-state index contributed by atoms with van der Waals surface area (Å²) in [6, 6.07) is 5.04. The molecule has 112 valence electrons. The van der Waals surface area contributed by atoms with Crippen LogP contribution in [0.2, 0.25) is 10.0 Å². The Labute approximate surface area is 132 Å². The molecule has 0 spiro atoms. The van der Waals surface area contributed by atoms with Crippen LogP contribution in [0.25, 0.3) is 0 Å². The maximum Gasteiger partial charge on any atom is 0.224 e. The van der Waals surface area contributed by atoms with Gasteiger partial charge in [0.15, 0.2) is 0 Å². The van der Waals surface area contributed by atoms with Crippen molar-refractivity contribution in [2.45, 2.75) is 12.5 Å². The molecule has 1 amide bonds. The van der Waals surface area contributed by atoms with Gasteiger partial charge in [0.1, 0.15) is 0 Å². The summed E-state index contributed by atoms with van der Waals surface area (Å²) >= 11 is 11.7. The Morgan fingerprint density at radius 3 is 2.81 bits per heavy atom. The number of aryl methyl sites for hydroxylation is 1. The highest BCUT2D eigenvalue weighted by Gasteiger charge is 2.12. The van der Waals surface area contributed by atoms with Crippen molar-refractivity contribution < 1.29 is 9.90 Å². The summed E-state index contributed by atoms with van der Waals surface area (Å²) in [4.78, 5) is 11.8. The highest BCUT2D eigenvalue weighted by molar-refractivity contribution is 6.42. The van der Waals surface area contributed by atoms with Crippen molar-refractivity contribution in [3.8, 4) is 0 Å². The Kier molecular flexibility index (Phi) is 5.22. The topological polar surface area (TPSA) is 67.2 Å². The summed E-state index contributed by atoms with van der Waals surface area (Å²) < 4.78 is 1.59. The van der Waals surface area contributed by atoms with Crippen molar-refractivity contribution in [3.05, 3.63) is 51.8 Å². The molecule has 1 heterocycles. The van der Waals surface area contributed by atoms with Crippen molar-refractivity contribution in [3.63, 3.8) is 0 Å². The summed E-state index contributed by atoms with van der Waals surface area (Å²) in [6.45, 7) is 0.131. The molecule has 0 fully saturated rings. The molecule has 1 atom stereocenters. The molecule has 1 aromatic heterocycles. The molecular weight excluding hydrogens is 313 g/mol. The highest BCUT2D eigenvalue weighted by Crippen LogP contribution is 2.22. The Morgan fingerprint density at radius 2 is 2.19 bits per heavy atom. The number of aliphatic hydroxyl groups is 1. The van der Waals surface area contributed by atoms with Crippen molar-refractivity contribution in [2.24, 2.45) is 7.05 Å². The molecule has 0 bridgehead atoms. The van der Waals surface area contributed by atoms with E-state index in [9.17, 15) is 9.90 Å². The first-order valence-corrected chi connectivity index (χ1v) is 7.08. The molecule has 0 saturated carbocycles. The first-order valence-electron chi connectivity index (χ1n) is 6.33. The molecule has 0 aliphatic heterocycles. The van der Waals surface area contributed by atoms with E-state index in [0.29, 0.717) is 15.6 Å². The van der Waals surface area contributed by atoms with Gasteiger partial charge in [-0.05, 0) is 17.7 Å². The Hall–Kier alpha value is -1.56. The fraction of sp³-hybridized carbons (Fsp3) is 0.286. The highest BCUT2D eigenvalue weighted by atomic mass is 35.5. The number of aliphatic hydroxyl groups excluding tert-OH is 1. The van der Waals surface area contributed by atoms with Gasteiger partial charge in [-0.1, -0.05) is 29.3 Å². The number of nitrogens with one attached hydrogen (secondary N) is 1. The number of hydrogen-bond donors (Lipinski definition) is 2. The molecule has 5 nitrogen and oxygen atoms in total. The smallest absolute Gasteiger partial charge is 0.224 e. The number of rotatable bonds is 5. The zero-order valence-corrected chi connectivity index (χ0v) is 12.9. The van der Waals surface area contributed by atoms with E-state index < -0.39 is 6.10 Å². The number of amides is 1. The van der Waals surface area contributed by atoms with E-state index in [1.807, 2.05) is 0 Å². The van der Waals surface area contributed by atoms with E-state index in [1.54, 1.807) is 42.3 Å². The molecule has 7 heteroatoms. The molecular formula is C14H15Cl2N3O2. The summed E-state index contributed by atoms with van der Waals surface area (Å²) in [5, 5.41) is 17.4. The predicted octanol–water partition coefficient (Wildman–Crippen LogP) is 2.12. The van der Waals surface area contributed by atoms with Crippen LogP contribution < -0.4 is 5.32 Å². The summed E-state index contributed by atoms with van der Waals surface area (Å²) in [5.74, 6) is -0.198. The lowest BCUT2D eigenvalue weighted by molar-refractivity contribution is -0.120. The third kappa shape index (κ3) is 4.46. The quantitative estimate of drug-likeness (QED) is 0.883. The van der Waals surface area contributed by atoms with Gasteiger partial charge in [-0.15, -0.1) is 0 Å². The van der Waals surface area contributed by atoms with Crippen LogP contribution in [0.1, 0.15) is 17.2 Å². The van der Waals surface area contributed by atoms with Crippen LogP contribution in [0.3, 0.4) is 0 Å². The largest absolute Gasteiger partial charge is 0.386 e. The molecule has 2 N–H and O–H groups in total. The monoisotopic (exact) mass is 327 g/mol. The van der Waals surface area contributed by atoms with Gasteiger partial charge in [0.25, 0.3) is 0 Å². The number of nitrogens with zero attached hydrogens (tertiary/aromatic N) is 2. The number of aromatic nitrogens is 2. The van der Waals surface area contributed by atoms with Gasteiger partial charge in [0, 0.05) is 25.4 Å². The molecule has 21 heavy (non-hydrogen) atoms. The summed E-state index contributed by atoms with van der Waals surface area (Å²) in [7, 11) is 1.76. The van der Waals surface area contributed by atoms with Gasteiger partial charge < -0.3 is 10.4 Å². The van der Waals surface area contributed by atoms with Crippen molar-refractivity contribution in [2.75, 3.05) is 6.54 Å². The van der Waals surface area contributed by atoms with Crippen LogP contribution >= 0.6 is 23.2 Å². The van der Waals surface area contributed by atoms with Gasteiger partial charge in [0.2, 0.25) is 5.91 Å². The van der Waals surface area contributed by atoms with Gasteiger partial charge in [-0.3, -0.25) is 9.48 Å². The van der Waals surface area contributed by atoms with E-state index in [4.69, 9.17) is 23.2 Å². The fourth-order valence-corrected chi connectivity index (χ4v) is 2.16. The minimum absolute atomic E-state index is 0.131. The second kappa shape index (κ2) is 6.93. The van der Waals surface area contributed by atoms with Crippen molar-refractivity contribution >= 4 is 29.1 Å². The van der Waals surface area contributed by atoms with Crippen LogP contribution in [0, 0.1) is 0 Å². The minimum atomic E-state index is -0.781. The van der Waals surface area contributed by atoms with Crippen molar-refractivity contribution in [1.82, 2.24) is 15.1 Å². The first kappa shape index (κ1) is 15.8. The third-order valence-corrected chi connectivity index (χ3v) is 3.69.